The average molecular weight is 292 g/mol. The van der Waals surface area contributed by atoms with Gasteiger partial charge in [0, 0.05) is 5.39 Å². The maximum absolute atomic E-state index is 11.5. The zero-order valence-corrected chi connectivity index (χ0v) is 12.2. The van der Waals surface area contributed by atoms with Crippen molar-refractivity contribution in [3.8, 4) is 0 Å². The van der Waals surface area contributed by atoms with Gasteiger partial charge in [-0.2, -0.15) is 0 Å². The highest BCUT2D eigenvalue weighted by atomic mass is 16.1. The van der Waals surface area contributed by atoms with Crippen molar-refractivity contribution in [2.75, 3.05) is 5.32 Å². The molecule has 0 aliphatic heterocycles. The van der Waals surface area contributed by atoms with E-state index in [0.29, 0.717) is 17.1 Å². The van der Waals surface area contributed by atoms with E-state index in [-0.39, 0.29) is 0 Å². The lowest BCUT2D eigenvalue weighted by atomic mass is 10.1. The Kier molecular flexibility index (Phi) is 3.70. The first-order valence-corrected chi connectivity index (χ1v) is 7.08. The molecular weight excluding hydrogens is 276 g/mol. The van der Waals surface area contributed by atoms with E-state index >= 15 is 0 Å². The number of fused-ring (bicyclic) bond motifs is 1. The van der Waals surface area contributed by atoms with Gasteiger partial charge in [-0.3, -0.25) is 4.79 Å². The lowest BCUT2D eigenvalue weighted by molar-refractivity contribution is 0.100. The molecule has 1 heterocycles. The standard InChI is InChI=1S/C17H16N4O/c1-2-11-7-8-14-13(9-11)17(20-10-19-14)21-15-6-4-3-5-12(15)16(18)22/h3-10H,2H2,1H3,(H2,18,22)(H,19,20,21). The van der Waals surface area contributed by atoms with E-state index in [0.717, 1.165) is 17.3 Å². The topological polar surface area (TPSA) is 80.9 Å². The van der Waals surface area contributed by atoms with Crippen LogP contribution in [0.15, 0.2) is 48.8 Å². The van der Waals surface area contributed by atoms with Crippen LogP contribution in [0.25, 0.3) is 10.9 Å². The molecule has 5 heteroatoms. The molecule has 0 aliphatic rings. The molecule has 0 spiro atoms. The van der Waals surface area contributed by atoms with Gasteiger partial charge in [0.1, 0.15) is 12.1 Å². The lowest BCUT2D eigenvalue weighted by Crippen LogP contribution is -2.13. The Hall–Kier alpha value is -2.95. The van der Waals surface area contributed by atoms with Crippen LogP contribution in [-0.4, -0.2) is 15.9 Å². The zero-order valence-electron chi connectivity index (χ0n) is 12.2. The number of carbonyl (C=O) groups excluding carboxylic acids is 1. The molecule has 1 aromatic heterocycles. The van der Waals surface area contributed by atoms with E-state index in [2.05, 4.69) is 34.3 Å². The number of rotatable bonds is 4. The van der Waals surface area contributed by atoms with Crippen molar-refractivity contribution in [1.29, 1.82) is 0 Å². The van der Waals surface area contributed by atoms with E-state index < -0.39 is 5.91 Å². The molecule has 3 rings (SSSR count). The van der Waals surface area contributed by atoms with Crippen LogP contribution in [0.2, 0.25) is 0 Å². The second-order valence-electron chi connectivity index (χ2n) is 4.96. The quantitative estimate of drug-likeness (QED) is 0.774. The van der Waals surface area contributed by atoms with Gasteiger partial charge in [0.2, 0.25) is 0 Å². The number of aromatic nitrogens is 2. The van der Waals surface area contributed by atoms with Gasteiger partial charge < -0.3 is 11.1 Å². The van der Waals surface area contributed by atoms with Crippen LogP contribution in [0, 0.1) is 0 Å². The minimum Gasteiger partial charge on any atom is -0.366 e. The summed E-state index contributed by atoms with van der Waals surface area (Å²) in [5.74, 6) is 0.185. The summed E-state index contributed by atoms with van der Waals surface area (Å²) in [5, 5.41) is 4.11. The summed E-state index contributed by atoms with van der Waals surface area (Å²) in [5.41, 5.74) is 8.54. The Labute approximate surface area is 128 Å². The zero-order chi connectivity index (χ0) is 15.5. The van der Waals surface area contributed by atoms with Gasteiger partial charge in [0.05, 0.1) is 16.8 Å². The van der Waals surface area contributed by atoms with E-state index in [9.17, 15) is 4.79 Å². The summed E-state index contributed by atoms with van der Waals surface area (Å²) in [7, 11) is 0. The fourth-order valence-corrected chi connectivity index (χ4v) is 2.36. The summed E-state index contributed by atoms with van der Waals surface area (Å²) in [6.45, 7) is 2.10. The minimum atomic E-state index is -0.476. The SMILES string of the molecule is CCc1ccc2ncnc(Nc3ccccc3C(N)=O)c2c1. The van der Waals surface area contributed by atoms with Crippen molar-refractivity contribution in [2.45, 2.75) is 13.3 Å². The minimum absolute atomic E-state index is 0.431. The molecule has 0 fully saturated rings. The molecule has 3 N–H and O–H groups in total. The van der Waals surface area contributed by atoms with Gasteiger partial charge in [-0.1, -0.05) is 25.1 Å². The highest BCUT2D eigenvalue weighted by molar-refractivity contribution is 6.00. The van der Waals surface area contributed by atoms with Crippen LogP contribution in [0.1, 0.15) is 22.8 Å². The van der Waals surface area contributed by atoms with Gasteiger partial charge >= 0.3 is 0 Å². The van der Waals surface area contributed by atoms with Crippen LogP contribution in [0.3, 0.4) is 0 Å². The van der Waals surface area contributed by atoms with Crippen molar-refractivity contribution in [3.63, 3.8) is 0 Å². The average Bonchev–Trinajstić information content (AvgIpc) is 2.55. The summed E-state index contributed by atoms with van der Waals surface area (Å²) in [4.78, 5) is 20.1. The number of hydrogen-bond acceptors (Lipinski definition) is 4. The van der Waals surface area contributed by atoms with Crippen LogP contribution in [0.4, 0.5) is 11.5 Å². The molecule has 3 aromatic rings. The Bertz CT molecular complexity index is 845. The monoisotopic (exact) mass is 292 g/mol. The van der Waals surface area contributed by atoms with Gasteiger partial charge in [-0.05, 0) is 36.2 Å². The van der Waals surface area contributed by atoms with Gasteiger partial charge in [-0.15, -0.1) is 0 Å². The van der Waals surface area contributed by atoms with Crippen molar-refractivity contribution in [3.05, 3.63) is 59.9 Å². The number of anilines is 2. The fraction of sp³-hybridized carbons (Fsp3) is 0.118. The molecule has 0 atom stereocenters. The molecule has 2 aromatic carbocycles. The normalized spacial score (nSPS) is 10.6. The number of amides is 1. The Morgan fingerprint density at radius 2 is 2.00 bits per heavy atom. The number of hydrogen-bond donors (Lipinski definition) is 2. The van der Waals surface area contributed by atoms with Crippen molar-refractivity contribution in [1.82, 2.24) is 9.97 Å². The second kappa shape index (κ2) is 5.81. The van der Waals surface area contributed by atoms with Crippen LogP contribution < -0.4 is 11.1 Å². The fourth-order valence-electron chi connectivity index (χ4n) is 2.36. The van der Waals surface area contributed by atoms with Crippen LogP contribution in [0.5, 0.6) is 0 Å². The number of para-hydroxylation sites is 1. The molecule has 0 saturated carbocycles. The number of nitrogens with two attached hydrogens (primary N) is 1. The summed E-state index contributed by atoms with van der Waals surface area (Å²) >= 11 is 0. The number of aryl methyl sites for hydroxylation is 1. The van der Waals surface area contributed by atoms with Gasteiger partial charge in [0.15, 0.2) is 0 Å². The molecule has 0 aliphatic carbocycles. The first-order chi connectivity index (χ1) is 10.7. The summed E-state index contributed by atoms with van der Waals surface area (Å²) in [6, 6.07) is 13.2. The maximum Gasteiger partial charge on any atom is 0.250 e. The molecule has 5 nitrogen and oxygen atoms in total. The van der Waals surface area contributed by atoms with Gasteiger partial charge in [-0.25, -0.2) is 9.97 Å². The maximum atomic E-state index is 11.5. The van der Waals surface area contributed by atoms with E-state index in [1.807, 2.05) is 12.1 Å². The van der Waals surface area contributed by atoms with E-state index in [1.54, 1.807) is 18.2 Å². The van der Waals surface area contributed by atoms with E-state index in [1.165, 1.54) is 11.9 Å². The predicted octanol–water partition coefficient (Wildman–Crippen LogP) is 3.03. The molecule has 0 saturated heterocycles. The third-order valence-electron chi connectivity index (χ3n) is 3.55. The predicted molar refractivity (Wildman–Crippen MR) is 87.2 cm³/mol. The highest BCUT2D eigenvalue weighted by Crippen LogP contribution is 2.25. The first-order valence-electron chi connectivity index (χ1n) is 7.08. The summed E-state index contributed by atoms with van der Waals surface area (Å²) < 4.78 is 0. The Morgan fingerprint density at radius 3 is 2.77 bits per heavy atom. The number of benzene rings is 2. The third-order valence-corrected chi connectivity index (χ3v) is 3.55. The van der Waals surface area contributed by atoms with Crippen molar-refractivity contribution < 1.29 is 4.79 Å². The van der Waals surface area contributed by atoms with Crippen molar-refractivity contribution >= 4 is 28.3 Å². The second-order valence-corrected chi connectivity index (χ2v) is 4.96. The molecular formula is C17H16N4O. The number of nitrogens with zero attached hydrogens (tertiary/aromatic N) is 2. The third kappa shape index (κ3) is 2.61. The number of carbonyl (C=O) groups is 1. The Morgan fingerprint density at radius 1 is 1.18 bits per heavy atom. The Balaban J connectivity index is 2.09. The molecule has 0 bridgehead atoms. The van der Waals surface area contributed by atoms with Crippen LogP contribution in [-0.2, 0) is 6.42 Å². The van der Waals surface area contributed by atoms with Crippen molar-refractivity contribution in [2.24, 2.45) is 5.73 Å². The number of nitrogens with one attached hydrogen (secondary N) is 1. The van der Waals surface area contributed by atoms with Gasteiger partial charge in [0.25, 0.3) is 5.91 Å². The molecule has 0 unspecified atom stereocenters. The molecule has 110 valence electrons. The molecule has 0 radical (unpaired) electrons. The molecule has 1 amide bonds. The van der Waals surface area contributed by atoms with E-state index in [4.69, 9.17) is 5.73 Å². The first kappa shape index (κ1) is 14.0. The smallest absolute Gasteiger partial charge is 0.250 e. The van der Waals surface area contributed by atoms with Crippen LogP contribution >= 0.6 is 0 Å². The summed E-state index contributed by atoms with van der Waals surface area (Å²) in [6.07, 6.45) is 2.44. The lowest BCUT2D eigenvalue weighted by Gasteiger charge is -2.11. The molecule has 22 heavy (non-hydrogen) atoms. The largest absolute Gasteiger partial charge is 0.366 e. The highest BCUT2D eigenvalue weighted by Gasteiger charge is 2.10. The number of primary amides is 1.